The first kappa shape index (κ1) is 18.9. The zero-order chi connectivity index (χ0) is 18.9. The lowest BCUT2D eigenvalue weighted by Crippen LogP contribution is -2.42. The minimum Gasteiger partial charge on any atom is -0.445 e. The molecule has 0 unspecified atom stereocenters. The number of carbonyl (C=O) groups is 2. The second-order valence-electron chi connectivity index (χ2n) is 6.39. The Balaban J connectivity index is 1.74. The lowest BCUT2D eigenvalue weighted by Gasteiger charge is -2.29. The molecule has 2 aliphatic heterocycles. The van der Waals surface area contributed by atoms with Crippen molar-refractivity contribution in [1.29, 1.82) is 0 Å². The van der Waals surface area contributed by atoms with Gasteiger partial charge in [-0.25, -0.2) is 14.0 Å². The second-order valence-corrected chi connectivity index (χ2v) is 8.48. The lowest BCUT2D eigenvalue weighted by molar-refractivity contribution is -0.128. The van der Waals surface area contributed by atoms with Crippen molar-refractivity contribution in [1.82, 2.24) is 9.57 Å². The fourth-order valence-corrected chi connectivity index (χ4v) is 5.30. The quantitative estimate of drug-likeness (QED) is 0.728. The van der Waals surface area contributed by atoms with Crippen molar-refractivity contribution in [3.63, 3.8) is 0 Å². The number of nitrogens with zero attached hydrogens (tertiary/aromatic N) is 2. The van der Waals surface area contributed by atoms with E-state index in [1.54, 1.807) is 11.8 Å². The Hall–Kier alpha value is -1.89. The smallest absolute Gasteiger partial charge is 0.437 e. The molecule has 0 aromatic heterocycles. The number of rotatable bonds is 5. The standard InChI is InChI=1S/C17H23N2O6P/c1-12-15-14(19(16(12)20)26(22,23-2)24-3)9-10-18(15)17(21)25-11-13-7-5-4-6-8-13/h4-8,12,14-15H,9-11H2,1-3H3/t12-,14-,15+/m0/s1. The van der Waals surface area contributed by atoms with Crippen LogP contribution in [-0.2, 0) is 29.8 Å². The summed E-state index contributed by atoms with van der Waals surface area (Å²) in [5.74, 6) is -0.849. The van der Waals surface area contributed by atoms with Crippen LogP contribution in [0.25, 0.3) is 0 Å². The monoisotopic (exact) mass is 382 g/mol. The summed E-state index contributed by atoms with van der Waals surface area (Å²) in [6.45, 7) is 2.30. The molecule has 142 valence electrons. The molecule has 3 atom stereocenters. The maximum atomic E-state index is 12.8. The Kier molecular flexibility index (Phi) is 5.37. The SMILES string of the molecule is COP(=O)(OC)N1C(=O)[C@@H](C)[C@@H]2[C@@H]1CCN2C(=O)OCc1ccccc1. The van der Waals surface area contributed by atoms with E-state index < -0.39 is 31.8 Å². The van der Waals surface area contributed by atoms with Crippen LogP contribution in [0.4, 0.5) is 4.79 Å². The van der Waals surface area contributed by atoms with Gasteiger partial charge in [0.1, 0.15) is 6.61 Å². The Morgan fingerprint density at radius 1 is 1.23 bits per heavy atom. The van der Waals surface area contributed by atoms with E-state index in [0.29, 0.717) is 13.0 Å². The Morgan fingerprint density at radius 2 is 1.88 bits per heavy atom. The molecule has 0 saturated carbocycles. The molecule has 9 heteroatoms. The largest absolute Gasteiger partial charge is 0.445 e. The van der Waals surface area contributed by atoms with Crippen LogP contribution < -0.4 is 0 Å². The molecule has 1 aromatic carbocycles. The third kappa shape index (κ3) is 3.13. The number of benzene rings is 1. The maximum Gasteiger partial charge on any atom is 0.437 e. The van der Waals surface area contributed by atoms with Crippen molar-refractivity contribution in [2.24, 2.45) is 5.92 Å². The normalized spacial score (nSPS) is 25.5. The summed E-state index contributed by atoms with van der Waals surface area (Å²) in [4.78, 5) is 26.7. The number of carbonyl (C=O) groups excluding carboxylic acids is 2. The minimum atomic E-state index is -3.71. The molecule has 1 aromatic rings. The van der Waals surface area contributed by atoms with Gasteiger partial charge < -0.3 is 9.64 Å². The summed E-state index contributed by atoms with van der Waals surface area (Å²) in [5, 5.41) is 0. The van der Waals surface area contributed by atoms with E-state index in [2.05, 4.69) is 0 Å². The molecule has 26 heavy (non-hydrogen) atoms. The van der Waals surface area contributed by atoms with Crippen LogP contribution in [-0.4, -0.2) is 54.4 Å². The first-order valence-corrected chi connectivity index (χ1v) is 9.95. The van der Waals surface area contributed by atoms with E-state index in [1.807, 2.05) is 30.3 Å². The van der Waals surface area contributed by atoms with Crippen molar-refractivity contribution in [2.45, 2.75) is 32.0 Å². The highest BCUT2D eigenvalue weighted by molar-refractivity contribution is 7.52. The summed E-state index contributed by atoms with van der Waals surface area (Å²) in [5.41, 5.74) is 0.886. The van der Waals surface area contributed by atoms with Crippen LogP contribution in [0.2, 0.25) is 0 Å². The van der Waals surface area contributed by atoms with E-state index in [4.69, 9.17) is 13.8 Å². The van der Waals surface area contributed by atoms with E-state index in [-0.39, 0.29) is 12.5 Å². The number of hydrogen-bond donors (Lipinski definition) is 0. The molecule has 0 radical (unpaired) electrons. The van der Waals surface area contributed by atoms with Crippen LogP contribution in [0.5, 0.6) is 0 Å². The molecular formula is C17H23N2O6P. The number of amides is 2. The Labute approximate surface area is 152 Å². The van der Waals surface area contributed by atoms with E-state index in [1.165, 1.54) is 18.9 Å². The van der Waals surface area contributed by atoms with Gasteiger partial charge in [0, 0.05) is 20.8 Å². The zero-order valence-corrected chi connectivity index (χ0v) is 15.9. The van der Waals surface area contributed by atoms with Gasteiger partial charge in [-0.1, -0.05) is 37.3 Å². The Morgan fingerprint density at radius 3 is 2.50 bits per heavy atom. The number of fused-ring (bicyclic) bond motifs is 1. The molecule has 2 aliphatic rings. The van der Waals surface area contributed by atoms with Crippen molar-refractivity contribution < 1.29 is 27.9 Å². The summed E-state index contributed by atoms with van der Waals surface area (Å²) in [7, 11) is -1.21. The molecule has 0 aliphatic carbocycles. The van der Waals surface area contributed by atoms with E-state index in [0.717, 1.165) is 5.56 Å². The predicted molar refractivity (Wildman–Crippen MR) is 93.2 cm³/mol. The predicted octanol–water partition coefficient (Wildman–Crippen LogP) is 2.65. The summed E-state index contributed by atoms with van der Waals surface area (Å²) in [6.07, 6.45) is 0.0188. The third-order valence-electron chi connectivity index (χ3n) is 5.03. The van der Waals surface area contributed by atoms with E-state index in [9.17, 15) is 14.2 Å². The molecule has 0 spiro atoms. The summed E-state index contributed by atoms with van der Waals surface area (Å²) >= 11 is 0. The first-order chi connectivity index (χ1) is 12.4. The van der Waals surface area contributed by atoms with Gasteiger partial charge in [-0.05, 0) is 12.0 Å². The van der Waals surface area contributed by atoms with Crippen molar-refractivity contribution >= 4 is 19.7 Å². The average molecular weight is 382 g/mol. The van der Waals surface area contributed by atoms with Crippen LogP contribution in [0.1, 0.15) is 18.9 Å². The highest BCUT2D eigenvalue weighted by Crippen LogP contribution is 2.57. The molecule has 0 N–H and O–H groups in total. The van der Waals surface area contributed by atoms with Crippen molar-refractivity contribution in [2.75, 3.05) is 20.8 Å². The molecule has 3 rings (SSSR count). The minimum absolute atomic E-state index is 0.161. The van der Waals surface area contributed by atoms with Crippen molar-refractivity contribution in [3.8, 4) is 0 Å². The number of ether oxygens (including phenoxy) is 1. The van der Waals surface area contributed by atoms with Gasteiger partial charge in [-0.15, -0.1) is 0 Å². The fourth-order valence-electron chi connectivity index (χ4n) is 3.76. The maximum absolute atomic E-state index is 12.8. The first-order valence-electron chi connectivity index (χ1n) is 8.45. The van der Waals surface area contributed by atoms with Crippen LogP contribution in [0.3, 0.4) is 0 Å². The third-order valence-corrected chi connectivity index (χ3v) is 6.97. The summed E-state index contributed by atoms with van der Waals surface area (Å²) in [6, 6.07) is 8.56. The summed E-state index contributed by atoms with van der Waals surface area (Å²) < 4.78 is 29.4. The molecule has 2 saturated heterocycles. The number of hydrogen-bond acceptors (Lipinski definition) is 6. The number of likely N-dealkylation sites (tertiary alicyclic amines) is 1. The highest BCUT2D eigenvalue weighted by atomic mass is 31.2. The van der Waals surface area contributed by atoms with Crippen LogP contribution >= 0.6 is 7.75 Å². The van der Waals surface area contributed by atoms with Gasteiger partial charge in [0.05, 0.1) is 18.0 Å². The molecule has 2 heterocycles. The van der Waals surface area contributed by atoms with Gasteiger partial charge in [0.2, 0.25) is 5.91 Å². The average Bonchev–Trinajstić information content (AvgIpc) is 3.20. The Bertz CT molecular complexity index is 719. The molecular weight excluding hydrogens is 359 g/mol. The van der Waals surface area contributed by atoms with Crippen LogP contribution in [0.15, 0.2) is 30.3 Å². The molecule has 0 bridgehead atoms. The lowest BCUT2D eigenvalue weighted by atomic mass is 10.0. The van der Waals surface area contributed by atoms with Gasteiger partial charge >= 0.3 is 13.8 Å². The topological polar surface area (TPSA) is 85.4 Å². The van der Waals surface area contributed by atoms with Gasteiger partial charge in [0.25, 0.3) is 0 Å². The zero-order valence-electron chi connectivity index (χ0n) is 15.0. The van der Waals surface area contributed by atoms with Crippen LogP contribution in [0, 0.1) is 5.92 Å². The fraction of sp³-hybridized carbons (Fsp3) is 0.529. The molecule has 2 fully saturated rings. The van der Waals surface area contributed by atoms with Gasteiger partial charge in [0.15, 0.2) is 0 Å². The highest BCUT2D eigenvalue weighted by Gasteiger charge is 2.59. The van der Waals surface area contributed by atoms with Crippen molar-refractivity contribution in [3.05, 3.63) is 35.9 Å². The second kappa shape index (κ2) is 7.39. The molecule has 8 nitrogen and oxygen atoms in total. The molecule has 2 amide bonds. The van der Waals surface area contributed by atoms with E-state index >= 15 is 0 Å². The van der Waals surface area contributed by atoms with Gasteiger partial charge in [-0.2, -0.15) is 0 Å². The van der Waals surface area contributed by atoms with Gasteiger partial charge in [-0.3, -0.25) is 13.8 Å².